The fraction of sp³-hybridized carbons (Fsp3) is 0.214. The number of aryl methyl sites for hydroxylation is 2. The molecule has 1 heterocycles. The SMILES string of the molecule is COC(=O)c1ccc(C(=O)N(C)C(C)c2nc3ccccc3c(=O)n2-c2ccc(C)cc2C)cc1. The summed E-state index contributed by atoms with van der Waals surface area (Å²) in [6.45, 7) is 5.80. The van der Waals surface area contributed by atoms with Crippen molar-refractivity contribution in [2.75, 3.05) is 14.2 Å². The second kappa shape index (κ2) is 9.54. The Morgan fingerprint density at radius 1 is 0.971 bits per heavy atom. The summed E-state index contributed by atoms with van der Waals surface area (Å²) < 4.78 is 6.33. The lowest BCUT2D eigenvalue weighted by Crippen LogP contribution is -2.35. The highest BCUT2D eigenvalue weighted by Gasteiger charge is 2.25. The van der Waals surface area contributed by atoms with Crippen LogP contribution in [0.25, 0.3) is 16.6 Å². The average Bonchev–Trinajstić information content (AvgIpc) is 2.87. The number of para-hydroxylation sites is 1. The summed E-state index contributed by atoms with van der Waals surface area (Å²) in [4.78, 5) is 45.1. The summed E-state index contributed by atoms with van der Waals surface area (Å²) in [5.41, 5.74) is 3.91. The highest BCUT2D eigenvalue weighted by atomic mass is 16.5. The second-order valence-electron chi connectivity index (χ2n) is 8.58. The molecule has 4 rings (SSSR count). The van der Waals surface area contributed by atoms with E-state index in [1.807, 2.05) is 51.1 Å². The summed E-state index contributed by atoms with van der Waals surface area (Å²) in [6, 6.07) is 18.8. The molecule has 0 saturated carbocycles. The van der Waals surface area contributed by atoms with E-state index in [0.717, 1.165) is 16.8 Å². The van der Waals surface area contributed by atoms with Crippen LogP contribution in [0.3, 0.4) is 0 Å². The fourth-order valence-corrected chi connectivity index (χ4v) is 4.14. The lowest BCUT2D eigenvalue weighted by atomic mass is 10.1. The van der Waals surface area contributed by atoms with Crippen molar-refractivity contribution in [2.24, 2.45) is 0 Å². The minimum atomic E-state index is -0.527. The summed E-state index contributed by atoms with van der Waals surface area (Å²) in [7, 11) is 2.98. The third-order valence-corrected chi connectivity index (χ3v) is 6.22. The molecule has 35 heavy (non-hydrogen) atoms. The van der Waals surface area contributed by atoms with Gasteiger partial charge in [0.1, 0.15) is 5.82 Å². The number of rotatable bonds is 5. The number of amides is 1. The molecule has 0 bridgehead atoms. The number of hydrogen-bond donors (Lipinski definition) is 0. The van der Waals surface area contributed by atoms with Gasteiger partial charge in [-0.1, -0.05) is 29.8 Å². The quantitative estimate of drug-likeness (QED) is 0.398. The van der Waals surface area contributed by atoms with Crippen LogP contribution in [0.5, 0.6) is 0 Å². The molecule has 0 N–H and O–H groups in total. The van der Waals surface area contributed by atoms with Gasteiger partial charge in [0.15, 0.2) is 0 Å². The summed E-state index contributed by atoms with van der Waals surface area (Å²) in [5.74, 6) is -0.269. The number of methoxy groups -OCH3 is 1. The maximum atomic E-state index is 13.7. The molecule has 3 aromatic carbocycles. The molecule has 0 aliphatic rings. The third-order valence-electron chi connectivity index (χ3n) is 6.22. The Kier molecular flexibility index (Phi) is 6.51. The number of aromatic nitrogens is 2. The van der Waals surface area contributed by atoms with Crippen LogP contribution in [0.1, 0.15) is 50.6 Å². The number of ether oxygens (including phenoxy) is 1. The Labute approximate surface area is 203 Å². The van der Waals surface area contributed by atoms with Crippen LogP contribution >= 0.6 is 0 Å². The molecule has 0 radical (unpaired) electrons. The van der Waals surface area contributed by atoms with Gasteiger partial charge < -0.3 is 9.64 Å². The second-order valence-corrected chi connectivity index (χ2v) is 8.58. The number of carbonyl (C=O) groups excluding carboxylic acids is 2. The van der Waals surface area contributed by atoms with Crippen molar-refractivity contribution in [1.82, 2.24) is 14.5 Å². The van der Waals surface area contributed by atoms with E-state index in [1.54, 1.807) is 52.9 Å². The van der Waals surface area contributed by atoms with Gasteiger partial charge >= 0.3 is 5.97 Å². The number of carbonyl (C=O) groups is 2. The first kappa shape index (κ1) is 23.9. The molecule has 178 valence electrons. The van der Waals surface area contributed by atoms with Gasteiger partial charge in [-0.2, -0.15) is 0 Å². The molecule has 1 aromatic heterocycles. The molecule has 0 aliphatic carbocycles. The van der Waals surface area contributed by atoms with E-state index in [1.165, 1.54) is 7.11 Å². The van der Waals surface area contributed by atoms with E-state index in [0.29, 0.717) is 27.9 Å². The average molecular weight is 470 g/mol. The Morgan fingerprint density at radius 2 is 1.63 bits per heavy atom. The minimum Gasteiger partial charge on any atom is -0.465 e. The first-order valence-electron chi connectivity index (χ1n) is 11.3. The molecule has 0 spiro atoms. The summed E-state index contributed by atoms with van der Waals surface area (Å²) in [5, 5.41) is 0.510. The third kappa shape index (κ3) is 4.45. The zero-order valence-corrected chi connectivity index (χ0v) is 20.4. The molecule has 0 aliphatic heterocycles. The molecule has 1 unspecified atom stereocenters. The lowest BCUT2D eigenvalue weighted by molar-refractivity contribution is 0.0599. The summed E-state index contributed by atoms with van der Waals surface area (Å²) >= 11 is 0. The maximum Gasteiger partial charge on any atom is 0.337 e. The number of fused-ring (bicyclic) bond motifs is 1. The highest BCUT2D eigenvalue weighted by Crippen LogP contribution is 2.25. The van der Waals surface area contributed by atoms with Gasteiger partial charge in [0, 0.05) is 12.6 Å². The summed E-state index contributed by atoms with van der Waals surface area (Å²) in [6.07, 6.45) is 0. The Hall–Kier alpha value is -4.26. The largest absolute Gasteiger partial charge is 0.465 e. The van der Waals surface area contributed by atoms with Crippen LogP contribution in [0.4, 0.5) is 0 Å². The predicted octanol–water partition coefficient (Wildman–Crippen LogP) is 4.62. The predicted molar refractivity (Wildman–Crippen MR) is 135 cm³/mol. The van der Waals surface area contributed by atoms with Crippen LogP contribution in [-0.4, -0.2) is 40.5 Å². The van der Waals surface area contributed by atoms with Gasteiger partial charge in [0.05, 0.1) is 35.3 Å². The first-order chi connectivity index (χ1) is 16.7. The molecule has 7 nitrogen and oxygen atoms in total. The Morgan fingerprint density at radius 3 is 2.29 bits per heavy atom. The van der Waals surface area contributed by atoms with Gasteiger partial charge in [0.25, 0.3) is 11.5 Å². The maximum absolute atomic E-state index is 13.7. The van der Waals surface area contributed by atoms with Crippen LogP contribution in [0.15, 0.2) is 71.5 Å². The van der Waals surface area contributed by atoms with Gasteiger partial charge in [-0.15, -0.1) is 0 Å². The molecule has 1 atom stereocenters. The molecule has 4 aromatic rings. The van der Waals surface area contributed by atoms with E-state index < -0.39 is 12.0 Å². The standard InChI is InChI=1S/C28H27N3O4/c1-17-10-15-24(18(2)16-17)31-25(29-23-9-7-6-8-22(23)27(31)33)19(3)30(4)26(32)20-11-13-21(14-12-20)28(34)35-5/h6-16,19H,1-5H3. The van der Waals surface area contributed by atoms with Crippen LogP contribution in [-0.2, 0) is 4.74 Å². The van der Waals surface area contributed by atoms with Gasteiger partial charge in [-0.25, -0.2) is 9.78 Å². The number of esters is 1. The van der Waals surface area contributed by atoms with Crippen molar-refractivity contribution in [3.63, 3.8) is 0 Å². The lowest BCUT2D eigenvalue weighted by Gasteiger charge is -2.27. The van der Waals surface area contributed by atoms with Crippen molar-refractivity contribution < 1.29 is 14.3 Å². The zero-order valence-electron chi connectivity index (χ0n) is 20.4. The van der Waals surface area contributed by atoms with E-state index in [2.05, 4.69) is 0 Å². The monoisotopic (exact) mass is 469 g/mol. The Bertz CT molecular complexity index is 1490. The highest BCUT2D eigenvalue weighted by molar-refractivity contribution is 5.96. The van der Waals surface area contributed by atoms with Crippen molar-refractivity contribution in [3.05, 3.63) is 105 Å². The van der Waals surface area contributed by atoms with Crippen molar-refractivity contribution >= 4 is 22.8 Å². The van der Waals surface area contributed by atoms with E-state index in [9.17, 15) is 14.4 Å². The molecule has 1 amide bonds. The van der Waals surface area contributed by atoms with Crippen molar-refractivity contribution in [3.8, 4) is 5.69 Å². The van der Waals surface area contributed by atoms with Crippen LogP contribution in [0.2, 0.25) is 0 Å². The zero-order chi connectivity index (χ0) is 25.3. The van der Waals surface area contributed by atoms with Gasteiger partial charge in [0.2, 0.25) is 0 Å². The van der Waals surface area contributed by atoms with E-state index in [-0.39, 0.29) is 11.5 Å². The molecule has 0 fully saturated rings. The minimum absolute atomic E-state index is 0.187. The van der Waals surface area contributed by atoms with E-state index >= 15 is 0 Å². The number of nitrogens with zero attached hydrogens (tertiary/aromatic N) is 3. The van der Waals surface area contributed by atoms with Crippen molar-refractivity contribution in [1.29, 1.82) is 0 Å². The van der Waals surface area contributed by atoms with E-state index in [4.69, 9.17) is 9.72 Å². The molecule has 0 saturated heterocycles. The Balaban J connectivity index is 1.81. The molecular weight excluding hydrogens is 442 g/mol. The molecular formula is C28H27N3O4. The van der Waals surface area contributed by atoms with Gasteiger partial charge in [-0.05, 0) is 68.8 Å². The van der Waals surface area contributed by atoms with Crippen molar-refractivity contribution in [2.45, 2.75) is 26.8 Å². The van der Waals surface area contributed by atoms with Gasteiger partial charge in [-0.3, -0.25) is 14.2 Å². The number of hydrogen-bond acceptors (Lipinski definition) is 5. The van der Waals surface area contributed by atoms with Crippen LogP contribution in [0, 0.1) is 13.8 Å². The van der Waals surface area contributed by atoms with Crippen LogP contribution < -0.4 is 5.56 Å². The topological polar surface area (TPSA) is 81.5 Å². The normalized spacial score (nSPS) is 11.8. The molecule has 7 heteroatoms. The number of benzene rings is 3. The first-order valence-corrected chi connectivity index (χ1v) is 11.3. The smallest absolute Gasteiger partial charge is 0.337 e. The fourth-order valence-electron chi connectivity index (χ4n) is 4.14.